The summed E-state index contributed by atoms with van der Waals surface area (Å²) in [5.74, 6) is 0.903. The van der Waals surface area contributed by atoms with Gasteiger partial charge in [-0.1, -0.05) is 20.8 Å². The van der Waals surface area contributed by atoms with E-state index in [4.69, 9.17) is 5.73 Å². The molecular formula is C12H20IN3O2S. The molecule has 0 radical (unpaired) electrons. The molecule has 1 fully saturated rings. The molecule has 1 aliphatic heterocycles. The molecule has 1 aromatic rings. The van der Waals surface area contributed by atoms with Gasteiger partial charge in [-0.3, -0.25) is 0 Å². The molecule has 0 aliphatic carbocycles. The number of anilines is 1. The summed E-state index contributed by atoms with van der Waals surface area (Å²) in [6, 6.07) is 0. The number of aromatic nitrogens is 2. The molecule has 0 amide bonds. The predicted octanol–water partition coefficient (Wildman–Crippen LogP) is 1.90. The number of halogens is 1. The summed E-state index contributed by atoms with van der Waals surface area (Å²) in [5, 5.41) is 4.62. The van der Waals surface area contributed by atoms with E-state index in [0.717, 1.165) is 9.26 Å². The van der Waals surface area contributed by atoms with Crippen molar-refractivity contribution in [1.29, 1.82) is 0 Å². The van der Waals surface area contributed by atoms with Gasteiger partial charge in [-0.05, 0) is 35.9 Å². The van der Waals surface area contributed by atoms with E-state index in [9.17, 15) is 8.42 Å². The Morgan fingerprint density at radius 2 is 2.00 bits per heavy atom. The first-order valence-corrected chi connectivity index (χ1v) is 9.12. The molecule has 1 saturated heterocycles. The molecule has 0 aromatic carbocycles. The van der Waals surface area contributed by atoms with Crippen LogP contribution in [0.5, 0.6) is 0 Å². The maximum absolute atomic E-state index is 11.7. The van der Waals surface area contributed by atoms with Gasteiger partial charge in [-0.15, -0.1) is 0 Å². The van der Waals surface area contributed by atoms with Crippen LogP contribution < -0.4 is 5.73 Å². The van der Waals surface area contributed by atoms with E-state index < -0.39 is 15.4 Å². The van der Waals surface area contributed by atoms with Gasteiger partial charge in [-0.25, -0.2) is 13.1 Å². The van der Waals surface area contributed by atoms with Crippen molar-refractivity contribution in [3.8, 4) is 0 Å². The van der Waals surface area contributed by atoms with Crippen molar-refractivity contribution in [1.82, 2.24) is 9.78 Å². The fourth-order valence-electron chi connectivity index (χ4n) is 2.46. The Kier molecular flexibility index (Phi) is 3.45. The fraction of sp³-hybridized carbons (Fsp3) is 0.750. The first kappa shape index (κ1) is 15.1. The molecule has 2 N–H and O–H groups in total. The molecule has 2 rings (SSSR count). The highest BCUT2D eigenvalue weighted by atomic mass is 127. The van der Waals surface area contributed by atoms with Crippen LogP contribution in [0.4, 0.5) is 5.82 Å². The number of hydrogen-bond acceptors (Lipinski definition) is 4. The lowest BCUT2D eigenvalue weighted by molar-refractivity contribution is 0.328. The van der Waals surface area contributed by atoms with Gasteiger partial charge in [-0.2, -0.15) is 5.10 Å². The molecule has 5 nitrogen and oxygen atoms in total. The number of nitrogens with zero attached hydrogens (tertiary/aromatic N) is 2. The van der Waals surface area contributed by atoms with E-state index in [-0.39, 0.29) is 16.9 Å². The van der Waals surface area contributed by atoms with E-state index >= 15 is 0 Å². The largest absolute Gasteiger partial charge is 0.383 e. The number of rotatable bonds is 1. The number of nitrogens with two attached hydrogens (primary N) is 1. The lowest BCUT2D eigenvalue weighted by Crippen LogP contribution is -2.33. The first-order chi connectivity index (χ1) is 8.46. The van der Waals surface area contributed by atoms with Crippen LogP contribution in [0.3, 0.4) is 0 Å². The Morgan fingerprint density at radius 3 is 2.37 bits per heavy atom. The smallest absolute Gasteiger partial charge is 0.152 e. The molecule has 1 aromatic heterocycles. The Bertz CT molecular complexity index is 616. The lowest BCUT2D eigenvalue weighted by atomic mass is 9.92. The van der Waals surface area contributed by atoms with E-state index in [0.29, 0.717) is 12.2 Å². The van der Waals surface area contributed by atoms with Crippen LogP contribution >= 0.6 is 22.6 Å². The van der Waals surface area contributed by atoms with Crippen molar-refractivity contribution in [3.63, 3.8) is 0 Å². The number of hydrogen-bond donors (Lipinski definition) is 1. The number of nitrogen functional groups attached to an aromatic ring is 1. The lowest BCUT2D eigenvalue weighted by Gasteiger charge is -2.24. The summed E-state index contributed by atoms with van der Waals surface area (Å²) in [4.78, 5) is 0. The van der Waals surface area contributed by atoms with E-state index in [2.05, 4.69) is 48.5 Å². The normalized spacial score (nSPS) is 26.8. The highest BCUT2D eigenvalue weighted by Gasteiger charge is 2.43. The quantitative estimate of drug-likeness (QED) is 0.735. The van der Waals surface area contributed by atoms with E-state index in [1.807, 2.05) is 6.92 Å². The van der Waals surface area contributed by atoms with Gasteiger partial charge < -0.3 is 5.73 Å². The van der Waals surface area contributed by atoms with Crippen molar-refractivity contribution < 1.29 is 8.42 Å². The van der Waals surface area contributed by atoms with Crippen LogP contribution in [0, 0.1) is 3.57 Å². The third-order valence-electron chi connectivity index (χ3n) is 3.57. The standard InChI is InChI=1S/C12H20IN3O2S/c1-11(2,3)9-8(13)10(14)16(15-9)12(4)5-6-19(17,18)7-12/h5-7,14H2,1-4H3. The SMILES string of the molecule is CC(C)(C)c1nn(C2(C)CCS(=O)(=O)C2)c(N)c1I. The molecular weight excluding hydrogens is 377 g/mol. The number of sulfone groups is 1. The van der Waals surface area contributed by atoms with E-state index in [1.54, 1.807) is 4.68 Å². The van der Waals surface area contributed by atoms with Gasteiger partial charge in [0.1, 0.15) is 5.82 Å². The van der Waals surface area contributed by atoms with Crippen LogP contribution in [0.15, 0.2) is 0 Å². The summed E-state index contributed by atoms with van der Waals surface area (Å²) >= 11 is 2.20. The van der Waals surface area contributed by atoms with Crippen LogP contribution in [-0.2, 0) is 20.8 Å². The summed E-state index contributed by atoms with van der Waals surface area (Å²) in [6.07, 6.45) is 0.570. The Balaban J connectivity index is 2.54. The second-order valence-electron chi connectivity index (χ2n) is 6.55. The molecule has 0 spiro atoms. The van der Waals surface area contributed by atoms with Gasteiger partial charge in [0, 0.05) is 5.41 Å². The second kappa shape index (κ2) is 4.34. The van der Waals surface area contributed by atoms with Crippen molar-refractivity contribution in [3.05, 3.63) is 9.26 Å². The molecule has 19 heavy (non-hydrogen) atoms. The Morgan fingerprint density at radius 1 is 1.42 bits per heavy atom. The minimum absolute atomic E-state index is 0.107. The summed E-state index contributed by atoms with van der Waals surface area (Å²) in [7, 11) is -2.98. The summed E-state index contributed by atoms with van der Waals surface area (Å²) in [5.41, 5.74) is 6.45. The summed E-state index contributed by atoms with van der Waals surface area (Å²) in [6.45, 7) is 8.16. The summed E-state index contributed by atoms with van der Waals surface area (Å²) < 4.78 is 26.1. The first-order valence-electron chi connectivity index (χ1n) is 6.22. The third kappa shape index (κ3) is 2.63. The van der Waals surface area contributed by atoms with Crippen LogP contribution in [0.25, 0.3) is 0 Å². The molecule has 1 atom stereocenters. The van der Waals surface area contributed by atoms with Crippen molar-refractivity contribution in [2.24, 2.45) is 0 Å². The average Bonchev–Trinajstić information content (AvgIpc) is 2.67. The van der Waals surface area contributed by atoms with Gasteiger partial charge >= 0.3 is 0 Å². The second-order valence-corrected chi connectivity index (χ2v) is 9.81. The van der Waals surface area contributed by atoms with Gasteiger partial charge in [0.2, 0.25) is 0 Å². The van der Waals surface area contributed by atoms with Crippen LogP contribution in [0.1, 0.15) is 39.8 Å². The van der Waals surface area contributed by atoms with Gasteiger partial charge in [0.15, 0.2) is 9.84 Å². The van der Waals surface area contributed by atoms with Crippen LogP contribution in [0.2, 0.25) is 0 Å². The average molecular weight is 397 g/mol. The molecule has 7 heteroatoms. The van der Waals surface area contributed by atoms with Crippen molar-refractivity contribution in [2.45, 2.75) is 45.1 Å². The zero-order valence-corrected chi connectivity index (χ0v) is 14.7. The minimum atomic E-state index is -2.98. The van der Waals surface area contributed by atoms with Gasteiger partial charge in [0.05, 0.1) is 26.3 Å². The third-order valence-corrected chi connectivity index (χ3v) is 6.52. The fourth-order valence-corrected chi connectivity index (χ4v) is 5.72. The topological polar surface area (TPSA) is 78.0 Å². The Hall–Kier alpha value is -0.310. The highest BCUT2D eigenvalue weighted by Crippen LogP contribution is 2.37. The monoisotopic (exact) mass is 397 g/mol. The van der Waals surface area contributed by atoms with Crippen molar-refractivity contribution in [2.75, 3.05) is 17.2 Å². The zero-order valence-electron chi connectivity index (χ0n) is 11.7. The van der Waals surface area contributed by atoms with E-state index in [1.165, 1.54) is 0 Å². The minimum Gasteiger partial charge on any atom is -0.383 e. The highest BCUT2D eigenvalue weighted by molar-refractivity contribution is 14.1. The molecule has 2 heterocycles. The zero-order chi connectivity index (χ0) is 14.6. The molecule has 0 bridgehead atoms. The molecule has 1 unspecified atom stereocenters. The predicted molar refractivity (Wildman–Crippen MR) is 85.0 cm³/mol. The van der Waals surface area contributed by atoms with Gasteiger partial charge in [0.25, 0.3) is 0 Å². The van der Waals surface area contributed by atoms with Crippen molar-refractivity contribution >= 4 is 38.2 Å². The molecule has 1 aliphatic rings. The molecule has 108 valence electrons. The van der Waals surface area contributed by atoms with Crippen LogP contribution in [-0.4, -0.2) is 29.7 Å². The maximum atomic E-state index is 11.7. The Labute approximate surface area is 128 Å². The maximum Gasteiger partial charge on any atom is 0.152 e. The molecule has 0 saturated carbocycles.